The minimum Gasteiger partial charge on any atom is -0.258 e. The number of nitrogens with zero attached hydrogens (tertiary/aromatic N) is 3. The molecule has 0 unspecified atom stereocenters. The van der Waals surface area contributed by atoms with Gasteiger partial charge in [-0.2, -0.15) is 5.10 Å². The molecule has 0 spiro atoms. The van der Waals surface area contributed by atoms with E-state index in [4.69, 9.17) is 23.2 Å². The standard InChI is InChI=1S/C11H9Cl2N3O2/c1-7-9(13)6-15(14-7)10-3-2-8(5-12)4-11(10)16(17)18/h2-4,6H,5H2,1H3. The maximum atomic E-state index is 11.0. The summed E-state index contributed by atoms with van der Waals surface area (Å²) < 4.78 is 1.40. The van der Waals surface area contributed by atoms with E-state index in [0.717, 1.165) is 0 Å². The molecule has 0 aliphatic carbocycles. The summed E-state index contributed by atoms with van der Waals surface area (Å²) in [7, 11) is 0. The van der Waals surface area contributed by atoms with Gasteiger partial charge in [0.25, 0.3) is 5.69 Å². The van der Waals surface area contributed by atoms with E-state index in [0.29, 0.717) is 22.0 Å². The van der Waals surface area contributed by atoms with Gasteiger partial charge in [-0.05, 0) is 18.6 Å². The topological polar surface area (TPSA) is 61.0 Å². The van der Waals surface area contributed by atoms with Crippen molar-refractivity contribution >= 4 is 28.9 Å². The molecule has 0 amide bonds. The number of nitro groups is 1. The highest BCUT2D eigenvalue weighted by Gasteiger charge is 2.17. The fourth-order valence-electron chi connectivity index (χ4n) is 1.55. The minimum atomic E-state index is -0.462. The largest absolute Gasteiger partial charge is 0.295 e. The van der Waals surface area contributed by atoms with Gasteiger partial charge in [-0.3, -0.25) is 10.1 Å². The third-order valence-corrected chi connectivity index (χ3v) is 3.16. The molecule has 1 aromatic carbocycles. The van der Waals surface area contributed by atoms with E-state index in [1.165, 1.54) is 10.7 Å². The van der Waals surface area contributed by atoms with Gasteiger partial charge in [-0.1, -0.05) is 17.7 Å². The monoisotopic (exact) mass is 285 g/mol. The molecule has 0 aliphatic rings. The average Bonchev–Trinajstić information content (AvgIpc) is 2.68. The van der Waals surface area contributed by atoms with Crippen LogP contribution in [0.4, 0.5) is 5.69 Å². The van der Waals surface area contributed by atoms with Crippen molar-refractivity contribution in [3.63, 3.8) is 0 Å². The Labute approximate surface area is 113 Å². The van der Waals surface area contributed by atoms with Gasteiger partial charge in [-0.15, -0.1) is 11.6 Å². The molecule has 94 valence electrons. The molecule has 0 saturated carbocycles. The van der Waals surface area contributed by atoms with E-state index in [2.05, 4.69) is 5.10 Å². The smallest absolute Gasteiger partial charge is 0.258 e. The second-order valence-electron chi connectivity index (χ2n) is 3.72. The quantitative estimate of drug-likeness (QED) is 0.493. The van der Waals surface area contributed by atoms with E-state index in [1.807, 2.05) is 0 Å². The average molecular weight is 286 g/mol. The maximum absolute atomic E-state index is 11.0. The predicted octanol–water partition coefficient (Wildman–Crippen LogP) is 3.48. The Morgan fingerprint density at radius 2 is 2.22 bits per heavy atom. The van der Waals surface area contributed by atoms with Crippen LogP contribution in [0.15, 0.2) is 24.4 Å². The van der Waals surface area contributed by atoms with E-state index in [1.54, 1.807) is 25.3 Å². The van der Waals surface area contributed by atoms with Crippen molar-refractivity contribution in [2.45, 2.75) is 12.8 Å². The van der Waals surface area contributed by atoms with Gasteiger partial charge in [0, 0.05) is 18.1 Å². The number of alkyl halides is 1. The number of aryl methyl sites for hydroxylation is 1. The van der Waals surface area contributed by atoms with E-state index in [9.17, 15) is 10.1 Å². The predicted molar refractivity (Wildman–Crippen MR) is 69.5 cm³/mol. The number of hydrogen-bond donors (Lipinski definition) is 0. The van der Waals surface area contributed by atoms with Crippen molar-refractivity contribution in [2.24, 2.45) is 0 Å². The summed E-state index contributed by atoms with van der Waals surface area (Å²) in [6.07, 6.45) is 1.54. The zero-order chi connectivity index (χ0) is 13.3. The third-order valence-electron chi connectivity index (χ3n) is 2.48. The molecule has 0 bridgehead atoms. The van der Waals surface area contributed by atoms with Gasteiger partial charge in [0.1, 0.15) is 5.69 Å². The second-order valence-corrected chi connectivity index (χ2v) is 4.40. The van der Waals surface area contributed by atoms with Gasteiger partial charge in [0.05, 0.1) is 15.6 Å². The zero-order valence-corrected chi connectivity index (χ0v) is 10.9. The highest BCUT2D eigenvalue weighted by molar-refractivity contribution is 6.31. The normalized spacial score (nSPS) is 10.6. The number of nitro benzene ring substituents is 1. The Kier molecular flexibility index (Phi) is 3.54. The number of aromatic nitrogens is 2. The maximum Gasteiger partial charge on any atom is 0.295 e. The molecular formula is C11H9Cl2N3O2. The van der Waals surface area contributed by atoms with Crippen LogP contribution in [0.2, 0.25) is 5.02 Å². The van der Waals surface area contributed by atoms with Crippen LogP contribution in [0.25, 0.3) is 5.69 Å². The fraction of sp³-hybridized carbons (Fsp3) is 0.182. The summed E-state index contributed by atoms with van der Waals surface area (Å²) in [5, 5.41) is 15.6. The Balaban J connectivity index is 2.59. The summed E-state index contributed by atoms with van der Waals surface area (Å²) in [5.41, 5.74) is 1.62. The van der Waals surface area contributed by atoms with Gasteiger partial charge >= 0.3 is 0 Å². The van der Waals surface area contributed by atoms with Crippen LogP contribution in [0.1, 0.15) is 11.3 Å². The molecule has 1 aromatic heterocycles. The molecule has 0 fully saturated rings. The summed E-state index contributed by atoms with van der Waals surface area (Å²) >= 11 is 11.6. The number of hydrogen-bond acceptors (Lipinski definition) is 3. The van der Waals surface area contributed by atoms with E-state index in [-0.39, 0.29) is 11.6 Å². The molecule has 2 aromatic rings. The lowest BCUT2D eigenvalue weighted by Gasteiger charge is -2.04. The summed E-state index contributed by atoms with van der Waals surface area (Å²) in [5.74, 6) is 0.222. The molecule has 5 nitrogen and oxygen atoms in total. The molecule has 0 N–H and O–H groups in total. The van der Waals surface area contributed by atoms with Crippen LogP contribution in [0, 0.1) is 17.0 Å². The van der Waals surface area contributed by atoms with Gasteiger partial charge in [-0.25, -0.2) is 4.68 Å². The number of benzene rings is 1. The SMILES string of the molecule is Cc1nn(-c2ccc(CCl)cc2[N+](=O)[O-])cc1Cl. The van der Waals surface area contributed by atoms with Crippen LogP contribution in [-0.4, -0.2) is 14.7 Å². The fourth-order valence-corrected chi connectivity index (χ4v) is 1.85. The van der Waals surface area contributed by atoms with E-state index >= 15 is 0 Å². The van der Waals surface area contributed by atoms with Crippen molar-refractivity contribution < 1.29 is 4.92 Å². The van der Waals surface area contributed by atoms with Crippen LogP contribution < -0.4 is 0 Å². The Morgan fingerprint density at radius 3 is 2.72 bits per heavy atom. The molecule has 0 aliphatic heterocycles. The van der Waals surface area contributed by atoms with Crippen LogP contribution in [-0.2, 0) is 5.88 Å². The highest BCUT2D eigenvalue weighted by atomic mass is 35.5. The molecule has 7 heteroatoms. The van der Waals surface area contributed by atoms with Crippen molar-refractivity contribution in [1.29, 1.82) is 0 Å². The van der Waals surface area contributed by atoms with Crippen LogP contribution in [0.5, 0.6) is 0 Å². The molecule has 2 rings (SSSR count). The molecular weight excluding hydrogens is 277 g/mol. The van der Waals surface area contributed by atoms with Crippen molar-refractivity contribution in [3.8, 4) is 5.69 Å². The first-order valence-electron chi connectivity index (χ1n) is 5.08. The Hall–Kier alpha value is -1.59. The lowest BCUT2D eigenvalue weighted by Crippen LogP contribution is -2.01. The molecule has 0 radical (unpaired) electrons. The first-order valence-corrected chi connectivity index (χ1v) is 5.99. The number of rotatable bonds is 3. The summed E-state index contributed by atoms with van der Waals surface area (Å²) in [4.78, 5) is 10.6. The Morgan fingerprint density at radius 1 is 1.50 bits per heavy atom. The lowest BCUT2D eigenvalue weighted by atomic mass is 10.2. The van der Waals surface area contributed by atoms with Crippen LogP contribution in [0.3, 0.4) is 0 Å². The minimum absolute atomic E-state index is 0.0488. The first-order chi connectivity index (χ1) is 8.52. The second kappa shape index (κ2) is 4.96. The first kappa shape index (κ1) is 12.9. The molecule has 1 heterocycles. The number of halogens is 2. The van der Waals surface area contributed by atoms with Crippen LogP contribution >= 0.6 is 23.2 Å². The zero-order valence-electron chi connectivity index (χ0n) is 9.43. The molecule has 0 saturated heterocycles. The molecule has 0 atom stereocenters. The van der Waals surface area contributed by atoms with Gasteiger partial charge in [0.2, 0.25) is 0 Å². The highest BCUT2D eigenvalue weighted by Crippen LogP contribution is 2.26. The van der Waals surface area contributed by atoms with Crippen molar-refractivity contribution in [3.05, 3.63) is 50.8 Å². The van der Waals surface area contributed by atoms with Crippen molar-refractivity contribution in [2.75, 3.05) is 0 Å². The molecule has 18 heavy (non-hydrogen) atoms. The third kappa shape index (κ3) is 2.32. The van der Waals surface area contributed by atoms with Gasteiger partial charge < -0.3 is 0 Å². The summed E-state index contributed by atoms with van der Waals surface area (Å²) in [6.45, 7) is 1.73. The van der Waals surface area contributed by atoms with E-state index < -0.39 is 4.92 Å². The van der Waals surface area contributed by atoms with Gasteiger partial charge in [0.15, 0.2) is 0 Å². The van der Waals surface area contributed by atoms with Crippen molar-refractivity contribution in [1.82, 2.24) is 9.78 Å². The lowest BCUT2D eigenvalue weighted by molar-refractivity contribution is -0.384. The summed E-state index contributed by atoms with van der Waals surface area (Å²) in [6, 6.07) is 4.77. The Bertz CT molecular complexity index is 591.